The zero-order chi connectivity index (χ0) is 58.1. The molecule has 83 heavy (non-hydrogen) atoms. The number of fused-ring (bicyclic) bond motifs is 2. The van der Waals surface area contributed by atoms with Crippen LogP contribution >= 0.6 is 0 Å². The van der Waals surface area contributed by atoms with Crippen molar-refractivity contribution in [3.63, 3.8) is 0 Å². The lowest BCUT2D eigenvalue weighted by atomic mass is 10.2. The SMILES string of the molecule is CN(C(=O)/C(C#N)=C/C1CC1)c1cccc(-n2c(=O)n(-c3ccc(Oc4ccccc4)cc3)c3c(N)ncnc32)c1.CNc1cccc(-n2c(=O)n(-c3ccc(Oc4ccccc4)cc3)c3c(N)ncnc32)c1.N#C/C(=C\C1CC1)C(=O)O. The standard InChI is InChI=1S/C31H25N7O3.C24H20N6O2.C7H7NO2/c1-36(30(39)21(18-32)16-20-10-11-20)23-6-5-7-24(17-23)38-29-27(28(33)34-19-35-29)37(31(38)40)22-12-14-26(15-13-22)41-25-8-3-2-4-9-25;1-26-16-6-5-7-18(14-16)30-23-21(22(25)27-15-28-23)29(24(30)31)17-10-12-20(13-11-17)32-19-8-3-2-4-9-19;8-4-6(7(9)10)3-5-1-2-5/h2-9,12-17,19-20H,10-11H2,1H3,(H2,33,34,35);2-15,26H,1H3,(H2,25,27,28);3,5H,1-2H2,(H,9,10)/b21-16+;;6-3+. The normalized spacial score (nSPS) is 12.9. The van der Waals surface area contributed by atoms with Crippen LogP contribution in [-0.2, 0) is 9.59 Å². The number of aromatic nitrogens is 8. The molecular formula is C62H52N14O7. The van der Waals surface area contributed by atoms with Gasteiger partial charge in [0.25, 0.3) is 5.91 Å². The Hall–Kier alpha value is -11.6. The second kappa shape index (κ2) is 24.2. The molecule has 2 aliphatic carbocycles. The molecule has 0 radical (unpaired) electrons. The van der Waals surface area contributed by atoms with Gasteiger partial charge in [0.05, 0.1) is 22.7 Å². The molecule has 12 rings (SSSR count). The molecule has 0 spiro atoms. The number of allylic oxidation sites excluding steroid dienone is 2. The van der Waals surface area contributed by atoms with E-state index < -0.39 is 17.6 Å². The third-order valence-corrected chi connectivity index (χ3v) is 13.4. The molecule has 412 valence electrons. The van der Waals surface area contributed by atoms with Crippen LogP contribution in [0.25, 0.3) is 45.1 Å². The fraction of sp³-hybridized carbons (Fsp3) is 0.129. The fourth-order valence-electron chi connectivity index (χ4n) is 8.86. The van der Waals surface area contributed by atoms with Gasteiger partial charge in [-0.05, 0) is 147 Å². The first kappa shape index (κ1) is 54.8. The number of nitrogens with one attached hydrogen (secondary N) is 1. The van der Waals surface area contributed by atoms with Crippen LogP contribution < -0.4 is 42.5 Å². The maximum Gasteiger partial charge on any atom is 0.346 e. The van der Waals surface area contributed by atoms with Crippen molar-refractivity contribution < 1.29 is 24.2 Å². The number of carbonyl (C=O) groups is 2. The number of carbonyl (C=O) groups excluding carboxylic acids is 1. The molecule has 1 amide bonds. The lowest BCUT2D eigenvalue weighted by Crippen LogP contribution is -2.28. The van der Waals surface area contributed by atoms with Crippen molar-refractivity contribution in [1.29, 1.82) is 10.5 Å². The number of para-hydroxylation sites is 2. The van der Waals surface area contributed by atoms with Crippen molar-refractivity contribution in [3.8, 4) is 57.9 Å². The van der Waals surface area contributed by atoms with Crippen molar-refractivity contribution in [2.45, 2.75) is 25.7 Å². The number of ether oxygens (including phenoxy) is 2. The number of nitrogens with zero attached hydrogens (tertiary/aromatic N) is 11. The first-order valence-corrected chi connectivity index (χ1v) is 26.1. The van der Waals surface area contributed by atoms with Gasteiger partial charge in [-0.1, -0.05) is 60.7 Å². The summed E-state index contributed by atoms with van der Waals surface area (Å²) in [4.78, 5) is 69.2. The van der Waals surface area contributed by atoms with E-state index >= 15 is 0 Å². The van der Waals surface area contributed by atoms with E-state index in [0.717, 1.165) is 37.1 Å². The Balaban J connectivity index is 0.000000162. The van der Waals surface area contributed by atoms with Crippen molar-refractivity contribution in [2.75, 3.05) is 35.8 Å². The Morgan fingerprint density at radius 2 is 1.01 bits per heavy atom. The highest BCUT2D eigenvalue weighted by atomic mass is 16.5. The van der Waals surface area contributed by atoms with E-state index in [1.54, 1.807) is 92.0 Å². The van der Waals surface area contributed by atoms with Crippen LogP contribution in [-0.4, -0.2) is 69.3 Å². The van der Waals surface area contributed by atoms with E-state index in [9.17, 15) is 24.4 Å². The zero-order valence-electron chi connectivity index (χ0n) is 44.8. The molecule has 0 atom stereocenters. The number of nitrogens with two attached hydrogens (primary N) is 2. The van der Waals surface area contributed by atoms with Crippen molar-refractivity contribution in [1.82, 2.24) is 38.2 Å². The molecule has 0 unspecified atom stereocenters. The molecule has 4 heterocycles. The van der Waals surface area contributed by atoms with Gasteiger partial charge < -0.3 is 36.3 Å². The quantitative estimate of drug-likeness (QED) is 0.0582. The van der Waals surface area contributed by atoms with E-state index in [2.05, 4.69) is 25.3 Å². The molecule has 10 aromatic rings. The maximum atomic E-state index is 14.0. The predicted octanol–water partition coefficient (Wildman–Crippen LogP) is 9.69. The molecule has 2 fully saturated rings. The number of hydrogen-bond acceptors (Lipinski definition) is 15. The highest BCUT2D eigenvalue weighted by Crippen LogP contribution is 2.34. The molecule has 21 nitrogen and oxygen atoms in total. The lowest BCUT2D eigenvalue weighted by Gasteiger charge is -2.18. The van der Waals surface area contributed by atoms with Gasteiger partial charge in [-0.2, -0.15) is 10.5 Å². The van der Waals surface area contributed by atoms with Crippen molar-refractivity contribution >= 4 is 57.2 Å². The minimum atomic E-state index is -1.12. The average Bonchev–Trinajstić information content (AvgIpc) is 2.20. The Bertz CT molecular complexity index is 4320. The number of likely N-dealkylation sites (N-methyl/N-ethyl adjacent to an activating group) is 1. The summed E-state index contributed by atoms with van der Waals surface area (Å²) >= 11 is 0. The number of nitriles is 2. The molecular weight excluding hydrogens is 1050 g/mol. The van der Waals surface area contributed by atoms with Crippen LogP contribution in [0.5, 0.6) is 23.0 Å². The van der Waals surface area contributed by atoms with E-state index in [0.29, 0.717) is 73.9 Å². The van der Waals surface area contributed by atoms with Crippen LogP contribution in [0.15, 0.2) is 203 Å². The molecule has 6 N–H and O–H groups in total. The van der Waals surface area contributed by atoms with Gasteiger partial charge in [0.15, 0.2) is 22.9 Å². The van der Waals surface area contributed by atoms with Crippen molar-refractivity contribution in [3.05, 3.63) is 215 Å². The number of carboxylic acid groups (broad SMARTS) is 1. The maximum absolute atomic E-state index is 14.0. The Labute approximate surface area is 474 Å². The smallest absolute Gasteiger partial charge is 0.346 e. The summed E-state index contributed by atoms with van der Waals surface area (Å²) in [7, 11) is 3.43. The molecule has 4 aromatic heterocycles. The average molecular weight is 1110 g/mol. The second-order valence-electron chi connectivity index (χ2n) is 19.1. The van der Waals surface area contributed by atoms with Gasteiger partial charge in [-0.15, -0.1) is 0 Å². The van der Waals surface area contributed by atoms with Gasteiger partial charge in [-0.25, -0.2) is 43.5 Å². The largest absolute Gasteiger partial charge is 0.477 e. The molecule has 0 aliphatic heterocycles. The lowest BCUT2D eigenvalue weighted by molar-refractivity contribution is -0.132. The molecule has 2 aliphatic rings. The summed E-state index contributed by atoms with van der Waals surface area (Å²) in [5.41, 5.74) is 17.0. The van der Waals surface area contributed by atoms with Gasteiger partial charge in [-0.3, -0.25) is 13.9 Å². The van der Waals surface area contributed by atoms with E-state index in [-0.39, 0.29) is 34.4 Å². The number of nitrogen functional groups attached to an aromatic ring is 2. The molecule has 21 heteroatoms. The van der Waals surface area contributed by atoms with Crippen molar-refractivity contribution in [2.24, 2.45) is 11.8 Å². The monoisotopic (exact) mass is 1100 g/mol. The number of aliphatic carboxylic acids is 1. The number of benzene rings is 6. The fourth-order valence-corrected chi connectivity index (χ4v) is 8.86. The van der Waals surface area contributed by atoms with Crippen LogP contribution in [0.1, 0.15) is 25.7 Å². The van der Waals surface area contributed by atoms with Gasteiger partial charge in [0, 0.05) is 25.5 Å². The molecule has 6 aromatic carbocycles. The Morgan fingerprint density at radius 3 is 1.45 bits per heavy atom. The topological polar surface area (TPSA) is 293 Å². The summed E-state index contributed by atoms with van der Waals surface area (Å²) in [5.74, 6) is 2.16. The number of anilines is 4. The summed E-state index contributed by atoms with van der Waals surface area (Å²) in [5, 5.41) is 29.3. The van der Waals surface area contributed by atoms with Crippen LogP contribution in [0, 0.1) is 34.5 Å². The third kappa shape index (κ3) is 12.2. The zero-order valence-corrected chi connectivity index (χ0v) is 44.8. The second-order valence-corrected chi connectivity index (χ2v) is 19.1. The Kier molecular flexibility index (Phi) is 16.0. The predicted molar refractivity (Wildman–Crippen MR) is 314 cm³/mol. The van der Waals surface area contributed by atoms with Gasteiger partial charge in [0.1, 0.15) is 70.0 Å². The van der Waals surface area contributed by atoms with Crippen LogP contribution in [0.4, 0.5) is 23.0 Å². The third-order valence-electron chi connectivity index (χ3n) is 13.4. The van der Waals surface area contributed by atoms with Crippen LogP contribution in [0.2, 0.25) is 0 Å². The summed E-state index contributed by atoms with van der Waals surface area (Å²) < 4.78 is 17.7. The summed E-state index contributed by atoms with van der Waals surface area (Å²) in [6.07, 6.45) is 9.94. The molecule has 2 saturated carbocycles. The first-order valence-electron chi connectivity index (χ1n) is 26.1. The summed E-state index contributed by atoms with van der Waals surface area (Å²) in [6.45, 7) is 0. The highest BCUT2D eigenvalue weighted by molar-refractivity contribution is 6.08. The number of carboxylic acids is 1. The van der Waals surface area contributed by atoms with E-state index in [4.69, 9.17) is 31.3 Å². The van der Waals surface area contributed by atoms with E-state index in [1.807, 2.05) is 98.0 Å². The Morgan fingerprint density at radius 1 is 0.578 bits per heavy atom. The van der Waals surface area contributed by atoms with Crippen LogP contribution in [0.3, 0.4) is 0 Å². The number of amides is 1. The number of imidazole rings is 2. The van der Waals surface area contributed by atoms with Gasteiger partial charge in [0.2, 0.25) is 0 Å². The van der Waals surface area contributed by atoms with Gasteiger partial charge >= 0.3 is 17.3 Å². The number of rotatable bonds is 14. The minimum absolute atomic E-state index is 0.106. The van der Waals surface area contributed by atoms with E-state index in [1.165, 1.54) is 41.9 Å². The minimum Gasteiger partial charge on any atom is -0.477 e. The summed E-state index contributed by atoms with van der Waals surface area (Å²) in [6, 6.07) is 51.2. The first-order chi connectivity index (χ1) is 40.3. The molecule has 0 bridgehead atoms. The molecule has 0 saturated heterocycles. The number of hydrogen-bond donors (Lipinski definition) is 4. The highest BCUT2D eigenvalue weighted by Gasteiger charge is 2.26.